The molecule has 0 bridgehead atoms. The van der Waals surface area contributed by atoms with Crippen molar-refractivity contribution >= 4 is 6.09 Å². The van der Waals surface area contributed by atoms with E-state index in [4.69, 9.17) is 0 Å². The molecule has 0 saturated carbocycles. The van der Waals surface area contributed by atoms with Crippen molar-refractivity contribution in [2.45, 2.75) is 39.4 Å². The minimum Gasteiger partial charge on any atom is -0.453 e. The predicted octanol–water partition coefficient (Wildman–Crippen LogP) is 1.72. The molecule has 1 aromatic rings. The molecule has 5 heteroatoms. The van der Waals surface area contributed by atoms with Crippen molar-refractivity contribution in [1.82, 2.24) is 14.7 Å². The van der Waals surface area contributed by atoms with Gasteiger partial charge in [0.1, 0.15) is 0 Å². The average Bonchev–Trinajstić information content (AvgIpc) is 2.71. The number of hydrogen-bond acceptors (Lipinski definition) is 3. The molecule has 0 aliphatic carbocycles. The van der Waals surface area contributed by atoms with E-state index in [0.717, 1.165) is 11.3 Å². The summed E-state index contributed by atoms with van der Waals surface area (Å²) < 4.78 is 6.64. The van der Waals surface area contributed by atoms with Crippen LogP contribution < -0.4 is 0 Å². The highest BCUT2D eigenvalue weighted by atomic mass is 16.5. The smallest absolute Gasteiger partial charge is 0.410 e. The molecule has 0 spiro atoms. The molecule has 1 aliphatic rings. The van der Waals surface area contributed by atoms with Gasteiger partial charge in [-0.1, -0.05) is 0 Å². The minimum atomic E-state index is -0.291. The SMILES string of the molecule is COC(=O)N1Cc2cn(C(C)(C)C)nc2C1. The molecule has 0 atom stereocenters. The Kier molecular flexibility index (Phi) is 2.40. The van der Waals surface area contributed by atoms with E-state index in [1.807, 2.05) is 10.9 Å². The number of carbonyl (C=O) groups excluding carboxylic acids is 1. The van der Waals surface area contributed by atoms with Gasteiger partial charge in [-0.2, -0.15) is 5.10 Å². The summed E-state index contributed by atoms with van der Waals surface area (Å²) in [5.74, 6) is 0. The van der Waals surface area contributed by atoms with Gasteiger partial charge in [0.15, 0.2) is 0 Å². The van der Waals surface area contributed by atoms with Crippen LogP contribution in [0.5, 0.6) is 0 Å². The van der Waals surface area contributed by atoms with Crippen LogP contribution in [0.2, 0.25) is 0 Å². The maximum Gasteiger partial charge on any atom is 0.410 e. The van der Waals surface area contributed by atoms with Gasteiger partial charge in [-0.3, -0.25) is 9.58 Å². The van der Waals surface area contributed by atoms with Gasteiger partial charge in [0.05, 0.1) is 31.4 Å². The van der Waals surface area contributed by atoms with Crippen LogP contribution in [0, 0.1) is 0 Å². The number of carbonyl (C=O) groups is 1. The Bertz CT molecular complexity index is 394. The monoisotopic (exact) mass is 223 g/mol. The standard InChI is InChI=1S/C11H17N3O2/c1-11(2,3)14-6-8-5-13(10(15)16-4)7-9(8)12-14/h6H,5,7H2,1-4H3. The molecule has 2 rings (SSSR count). The van der Waals surface area contributed by atoms with E-state index in [1.165, 1.54) is 7.11 Å². The van der Waals surface area contributed by atoms with Crippen LogP contribution >= 0.6 is 0 Å². The number of methoxy groups -OCH3 is 1. The molecular formula is C11H17N3O2. The fourth-order valence-corrected chi connectivity index (χ4v) is 1.75. The second-order valence-corrected chi connectivity index (χ2v) is 5.04. The topological polar surface area (TPSA) is 47.4 Å². The van der Waals surface area contributed by atoms with Crippen molar-refractivity contribution in [1.29, 1.82) is 0 Å². The van der Waals surface area contributed by atoms with Gasteiger partial charge in [0.25, 0.3) is 0 Å². The van der Waals surface area contributed by atoms with Crippen LogP contribution in [0.4, 0.5) is 4.79 Å². The first-order valence-corrected chi connectivity index (χ1v) is 5.32. The first-order valence-electron chi connectivity index (χ1n) is 5.32. The highest BCUT2D eigenvalue weighted by Gasteiger charge is 2.28. The predicted molar refractivity (Wildman–Crippen MR) is 58.9 cm³/mol. The lowest BCUT2D eigenvalue weighted by Crippen LogP contribution is -2.27. The molecule has 0 aromatic carbocycles. The fraction of sp³-hybridized carbons (Fsp3) is 0.636. The van der Waals surface area contributed by atoms with Crippen molar-refractivity contribution in [2.75, 3.05) is 7.11 Å². The van der Waals surface area contributed by atoms with Crippen LogP contribution in [0.1, 0.15) is 32.0 Å². The largest absolute Gasteiger partial charge is 0.453 e. The van der Waals surface area contributed by atoms with Crippen LogP contribution in [-0.2, 0) is 23.4 Å². The van der Waals surface area contributed by atoms with E-state index in [0.29, 0.717) is 13.1 Å². The molecule has 88 valence electrons. The molecule has 1 aliphatic heterocycles. The van der Waals surface area contributed by atoms with Crippen LogP contribution in [0.25, 0.3) is 0 Å². The Morgan fingerprint density at radius 1 is 1.44 bits per heavy atom. The zero-order valence-corrected chi connectivity index (χ0v) is 10.1. The molecule has 0 N–H and O–H groups in total. The van der Waals surface area contributed by atoms with Crippen molar-refractivity contribution < 1.29 is 9.53 Å². The Hall–Kier alpha value is -1.52. The Morgan fingerprint density at radius 3 is 2.62 bits per heavy atom. The maximum absolute atomic E-state index is 11.3. The number of nitrogens with zero attached hydrogens (tertiary/aromatic N) is 3. The van der Waals surface area contributed by atoms with E-state index in [1.54, 1.807) is 4.90 Å². The van der Waals surface area contributed by atoms with Crippen molar-refractivity contribution in [2.24, 2.45) is 0 Å². The van der Waals surface area contributed by atoms with Crippen molar-refractivity contribution in [3.8, 4) is 0 Å². The second kappa shape index (κ2) is 3.50. The molecule has 5 nitrogen and oxygen atoms in total. The third-order valence-electron chi connectivity index (χ3n) is 2.70. The average molecular weight is 223 g/mol. The lowest BCUT2D eigenvalue weighted by Gasteiger charge is -2.20. The van der Waals surface area contributed by atoms with Crippen molar-refractivity contribution in [3.05, 3.63) is 17.5 Å². The van der Waals surface area contributed by atoms with E-state index in [-0.39, 0.29) is 11.6 Å². The number of rotatable bonds is 0. The lowest BCUT2D eigenvalue weighted by molar-refractivity contribution is 0.122. The van der Waals surface area contributed by atoms with Gasteiger partial charge in [0, 0.05) is 11.8 Å². The van der Waals surface area contributed by atoms with E-state index < -0.39 is 0 Å². The van der Waals surface area contributed by atoms with Crippen LogP contribution in [0.3, 0.4) is 0 Å². The second-order valence-electron chi connectivity index (χ2n) is 5.04. The van der Waals surface area contributed by atoms with Gasteiger partial charge in [-0.25, -0.2) is 4.79 Å². The summed E-state index contributed by atoms with van der Waals surface area (Å²) in [7, 11) is 1.40. The summed E-state index contributed by atoms with van der Waals surface area (Å²) >= 11 is 0. The first-order chi connectivity index (χ1) is 7.41. The lowest BCUT2D eigenvalue weighted by atomic mass is 10.1. The molecule has 0 saturated heterocycles. The van der Waals surface area contributed by atoms with Crippen molar-refractivity contribution in [3.63, 3.8) is 0 Å². The van der Waals surface area contributed by atoms with E-state index in [2.05, 4.69) is 30.6 Å². The van der Waals surface area contributed by atoms with Gasteiger partial charge in [-0.05, 0) is 20.8 Å². The third-order valence-corrected chi connectivity index (χ3v) is 2.70. The summed E-state index contributed by atoms with van der Waals surface area (Å²) in [6.45, 7) is 7.46. The van der Waals surface area contributed by atoms with Gasteiger partial charge < -0.3 is 4.74 Å². The summed E-state index contributed by atoms with van der Waals surface area (Å²) in [4.78, 5) is 13.0. The number of hydrogen-bond donors (Lipinski definition) is 0. The molecular weight excluding hydrogens is 206 g/mol. The minimum absolute atomic E-state index is 0.0135. The zero-order chi connectivity index (χ0) is 11.9. The summed E-state index contributed by atoms with van der Waals surface area (Å²) in [5, 5.41) is 4.50. The quantitative estimate of drug-likeness (QED) is 0.672. The zero-order valence-electron chi connectivity index (χ0n) is 10.1. The third kappa shape index (κ3) is 1.77. The molecule has 0 radical (unpaired) electrons. The molecule has 16 heavy (non-hydrogen) atoms. The molecule has 1 aromatic heterocycles. The molecule has 0 fully saturated rings. The maximum atomic E-state index is 11.3. The highest BCUT2D eigenvalue weighted by molar-refractivity contribution is 5.68. The number of aromatic nitrogens is 2. The van der Waals surface area contributed by atoms with Gasteiger partial charge in [-0.15, -0.1) is 0 Å². The summed E-state index contributed by atoms with van der Waals surface area (Å²) in [6, 6.07) is 0. The number of fused-ring (bicyclic) bond motifs is 1. The number of ether oxygens (including phenoxy) is 1. The van der Waals surface area contributed by atoms with E-state index >= 15 is 0 Å². The summed E-state index contributed by atoms with van der Waals surface area (Å²) in [6.07, 6.45) is 1.72. The Morgan fingerprint density at radius 2 is 2.12 bits per heavy atom. The molecule has 2 heterocycles. The normalized spacial score (nSPS) is 15.1. The number of amides is 1. The Labute approximate surface area is 95.0 Å². The van der Waals surface area contributed by atoms with Crippen LogP contribution in [0.15, 0.2) is 6.20 Å². The van der Waals surface area contributed by atoms with E-state index in [9.17, 15) is 4.79 Å². The molecule has 0 unspecified atom stereocenters. The first kappa shape index (κ1) is 11.0. The Balaban J connectivity index is 2.17. The van der Waals surface area contributed by atoms with Gasteiger partial charge in [0.2, 0.25) is 0 Å². The van der Waals surface area contributed by atoms with Crippen LogP contribution in [-0.4, -0.2) is 27.9 Å². The highest BCUT2D eigenvalue weighted by Crippen LogP contribution is 2.24. The summed E-state index contributed by atoms with van der Waals surface area (Å²) in [5.41, 5.74) is 2.07. The fourth-order valence-electron chi connectivity index (χ4n) is 1.75. The van der Waals surface area contributed by atoms with Gasteiger partial charge >= 0.3 is 6.09 Å². The molecule has 1 amide bonds.